The normalized spacial score (nSPS) is 10.9. The van der Waals surface area contributed by atoms with Crippen molar-refractivity contribution >= 4 is 29.2 Å². The molecule has 0 heterocycles. The molecule has 2 aromatic rings. The number of rotatable bonds is 4. The lowest BCUT2D eigenvalue weighted by molar-refractivity contribution is -0.115. The summed E-state index contributed by atoms with van der Waals surface area (Å²) in [6.45, 7) is 0. The van der Waals surface area contributed by atoms with Gasteiger partial charge in [-0.25, -0.2) is 4.99 Å². The van der Waals surface area contributed by atoms with Crippen molar-refractivity contribution in [2.45, 2.75) is 6.42 Å². The van der Waals surface area contributed by atoms with Gasteiger partial charge in [-0.3, -0.25) is 4.79 Å². The summed E-state index contributed by atoms with van der Waals surface area (Å²) < 4.78 is 0. The Morgan fingerprint density at radius 1 is 0.957 bits per heavy atom. The highest BCUT2D eigenvalue weighted by Gasteiger charge is 2.03. The number of guanidine groups is 2. The van der Waals surface area contributed by atoms with E-state index in [1.807, 2.05) is 30.3 Å². The molecule has 23 heavy (non-hydrogen) atoms. The topological polar surface area (TPSA) is 132 Å². The summed E-state index contributed by atoms with van der Waals surface area (Å²) in [6.07, 6.45) is 0.318. The Bertz CT molecular complexity index is 718. The highest BCUT2D eigenvalue weighted by Crippen LogP contribution is 2.16. The molecule has 118 valence electrons. The summed E-state index contributed by atoms with van der Waals surface area (Å²) in [4.78, 5) is 19.6. The van der Waals surface area contributed by atoms with Crippen molar-refractivity contribution in [3.63, 3.8) is 0 Å². The second-order valence-electron chi connectivity index (χ2n) is 4.76. The van der Waals surface area contributed by atoms with Crippen molar-refractivity contribution in [3.8, 4) is 0 Å². The highest BCUT2D eigenvalue weighted by molar-refractivity contribution is 5.94. The molecule has 2 aromatic carbocycles. The third-order valence-electron chi connectivity index (χ3n) is 2.85. The first-order valence-corrected chi connectivity index (χ1v) is 6.90. The van der Waals surface area contributed by atoms with E-state index >= 15 is 0 Å². The molecule has 0 aromatic heterocycles. The molecule has 2 rings (SSSR count). The van der Waals surface area contributed by atoms with Gasteiger partial charge in [0.1, 0.15) is 0 Å². The van der Waals surface area contributed by atoms with E-state index in [2.05, 4.69) is 15.3 Å². The number of nitrogens with two attached hydrogens (primary N) is 3. The van der Waals surface area contributed by atoms with Crippen LogP contribution in [0.3, 0.4) is 0 Å². The summed E-state index contributed by atoms with van der Waals surface area (Å²) in [6, 6.07) is 16.4. The fourth-order valence-corrected chi connectivity index (χ4v) is 1.90. The van der Waals surface area contributed by atoms with Crippen LogP contribution in [-0.2, 0) is 11.2 Å². The monoisotopic (exact) mass is 310 g/mol. The van der Waals surface area contributed by atoms with E-state index in [-0.39, 0.29) is 17.8 Å². The minimum absolute atomic E-state index is 0.0362. The fraction of sp³-hybridized carbons (Fsp3) is 0.0625. The van der Waals surface area contributed by atoms with Gasteiger partial charge in [0, 0.05) is 5.69 Å². The third kappa shape index (κ3) is 5.50. The molecular formula is C16H18N6O. The Morgan fingerprint density at radius 2 is 1.61 bits per heavy atom. The van der Waals surface area contributed by atoms with E-state index < -0.39 is 0 Å². The van der Waals surface area contributed by atoms with Gasteiger partial charge < -0.3 is 22.5 Å². The minimum Gasteiger partial charge on any atom is -0.370 e. The molecule has 1 amide bonds. The van der Waals surface area contributed by atoms with Crippen LogP contribution in [0.15, 0.2) is 64.6 Å². The molecule has 0 aliphatic carbocycles. The fourth-order valence-electron chi connectivity index (χ4n) is 1.90. The van der Waals surface area contributed by atoms with Gasteiger partial charge in [-0.1, -0.05) is 30.3 Å². The van der Waals surface area contributed by atoms with Crippen molar-refractivity contribution in [2.24, 2.45) is 27.2 Å². The smallest absolute Gasteiger partial charge is 0.228 e. The van der Waals surface area contributed by atoms with E-state index in [1.165, 1.54) is 0 Å². The summed E-state index contributed by atoms with van der Waals surface area (Å²) in [5, 5.41) is 2.82. The number of nitrogens with zero attached hydrogens (tertiary/aromatic N) is 2. The van der Waals surface area contributed by atoms with Crippen molar-refractivity contribution in [2.75, 3.05) is 5.32 Å². The van der Waals surface area contributed by atoms with Crippen LogP contribution >= 0.6 is 0 Å². The number of amides is 1. The van der Waals surface area contributed by atoms with Gasteiger partial charge in [0.05, 0.1) is 12.1 Å². The van der Waals surface area contributed by atoms with Crippen molar-refractivity contribution in [1.82, 2.24) is 0 Å². The zero-order chi connectivity index (χ0) is 16.7. The Labute approximate surface area is 133 Å². The van der Waals surface area contributed by atoms with E-state index in [0.717, 1.165) is 5.56 Å². The number of carbonyl (C=O) groups is 1. The minimum atomic E-state index is -0.156. The highest BCUT2D eigenvalue weighted by atomic mass is 16.1. The van der Waals surface area contributed by atoms with Crippen LogP contribution in [0.1, 0.15) is 5.56 Å². The number of anilines is 1. The van der Waals surface area contributed by atoms with Gasteiger partial charge in [0.15, 0.2) is 5.96 Å². The van der Waals surface area contributed by atoms with Crippen LogP contribution in [0.2, 0.25) is 0 Å². The lowest BCUT2D eigenvalue weighted by Gasteiger charge is -2.05. The van der Waals surface area contributed by atoms with Gasteiger partial charge >= 0.3 is 0 Å². The molecule has 0 bridgehead atoms. The van der Waals surface area contributed by atoms with Gasteiger partial charge in [0.25, 0.3) is 0 Å². The van der Waals surface area contributed by atoms with Gasteiger partial charge in [-0.05, 0) is 29.8 Å². The van der Waals surface area contributed by atoms with Crippen LogP contribution in [0.5, 0.6) is 0 Å². The predicted molar refractivity (Wildman–Crippen MR) is 92.3 cm³/mol. The van der Waals surface area contributed by atoms with Crippen LogP contribution in [0.25, 0.3) is 0 Å². The van der Waals surface area contributed by atoms with Crippen LogP contribution < -0.4 is 22.5 Å². The van der Waals surface area contributed by atoms with Crippen LogP contribution in [0.4, 0.5) is 11.4 Å². The standard InChI is InChI=1S/C16H18N6O/c17-15(18)22-16(19)21-13-8-6-12(7-9-13)20-14(23)10-11-4-2-1-3-5-11/h1-9H,10H2,(H,20,23)(H6,17,18,19,21,22). The van der Waals surface area contributed by atoms with Crippen LogP contribution in [0, 0.1) is 0 Å². The quantitative estimate of drug-likeness (QED) is 0.497. The second kappa shape index (κ2) is 7.60. The summed E-state index contributed by atoms with van der Waals surface area (Å²) >= 11 is 0. The summed E-state index contributed by atoms with van der Waals surface area (Å²) in [7, 11) is 0. The Morgan fingerprint density at radius 3 is 2.22 bits per heavy atom. The molecule has 0 saturated heterocycles. The first-order valence-electron chi connectivity index (χ1n) is 6.90. The maximum Gasteiger partial charge on any atom is 0.228 e. The number of aliphatic imine (C=N–C) groups is 2. The zero-order valence-corrected chi connectivity index (χ0v) is 12.4. The van der Waals surface area contributed by atoms with E-state index in [0.29, 0.717) is 17.8 Å². The molecular weight excluding hydrogens is 292 g/mol. The molecule has 7 nitrogen and oxygen atoms in total. The summed E-state index contributed by atoms with van der Waals surface area (Å²) in [5.74, 6) is -0.283. The first kappa shape index (κ1) is 16.0. The first-order chi connectivity index (χ1) is 11.0. The number of carbonyl (C=O) groups excluding carboxylic acids is 1. The molecule has 0 aliphatic heterocycles. The lowest BCUT2D eigenvalue weighted by atomic mass is 10.1. The number of hydrogen-bond acceptors (Lipinski definition) is 2. The molecule has 0 fully saturated rings. The van der Waals surface area contributed by atoms with Crippen molar-refractivity contribution < 1.29 is 4.79 Å². The average molecular weight is 310 g/mol. The van der Waals surface area contributed by atoms with Crippen molar-refractivity contribution in [1.29, 1.82) is 0 Å². The van der Waals surface area contributed by atoms with E-state index in [9.17, 15) is 4.79 Å². The molecule has 0 unspecified atom stereocenters. The maximum atomic E-state index is 12.0. The molecule has 0 spiro atoms. The molecule has 0 aliphatic rings. The Balaban J connectivity index is 1.97. The molecule has 0 radical (unpaired) electrons. The molecule has 0 atom stereocenters. The third-order valence-corrected chi connectivity index (χ3v) is 2.85. The van der Waals surface area contributed by atoms with Gasteiger partial charge in [-0.15, -0.1) is 0 Å². The number of hydrogen-bond donors (Lipinski definition) is 4. The molecule has 7 heteroatoms. The second-order valence-corrected chi connectivity index (χ2v) is 4.76. The maximum absolute atomic E-state index is 12.0. The summed E-state index contributed by atoms with van der Waals surface area (Å²) in [5.41, 5.74) is 18.2. The Hall–Kier alpha value is -3.35. The SMILES string of the molecule is NC(N)=NC(N)=Nc1ccc(NC(=O)Cc2ccccc2)cc1. The lowest BCUT2D eigenvalue weighted by Crippen LogP contribution is -2.26. The zero-order valence-electron chi connectivity index (χ0n) is 12.4. The van der Waals surface area contributed by atoms with E-state index in [1.54, 1.807) is 24.3 Å². The van der Waals surface area contributed by atoms with Gasteiger partial charge in [-0.2, -0.15) is 4.99 Å². The van der Waals surface area contributed by atoms with Crippen LogP contribution in [-0.4, -0.2) is 17.8 Å². The largest absolute Gasteiger partial charge is 0.370 e. The Kier molecular flexibility index (Phi) is 5.30. The average Bonchev–Trinajstić information content (AvgIpc) is 2.49. The number of benzene rings is 2. The van der Waals surface area contributed by atoms with E-state index in [4.69, 9.17) is 17.2 Å². The van der Waals surface area contributed by atoms with Crippen molar-refractivity contribution in [3.05, 3.63) is 60.2 Å². The molecule has 0 saturated carbocycles. The van der Waals surface area contributed by atoms with Gasteiger partial charge in [0.2, 0.25) is 11.9 Å². The predicted octanol–water partition coefficient (Wildman–Crippen LogP) is 1.09. The molecule has 7 N–H and O–H groups in total. The number of nitrogens with one attached hydrogen (secondary N) is 1.